The van der Waals surface area contributed by atoms with Gasteiger partial charge in [-0.15, -0.1) is 10.2 Å². The third kappa shape index (κ3) is 8.89. The second-order valence-corrected chi connectivity index (χ2v) is 13.8. The van der Waals surface area contributed by atoms with Crippen LogP contribution in [0, 0.1) is 0 Å². The number of alkyl halides is 3. The van der Waals surface area contributed by atoms with E-state index in [1.54, 1.807) is 10.6 Å². The minimum atomic E-state index is -4.48. The quantitative estimate of drug-likeness (QED) is 0.0969. The molecule has 7 nitrogen and oxygen atoms in total. The molecule has 0 N–H and O–H groups in total. The van der Waals surface area contributed by atoms with Crippen molar-refractivity contribution < 1.29 is 22.8 Å². The van der Waals surface area contributed by atoms with Gasteiger partial charge in [-0.3, -0.25) is 14.2 Å². The maximum atomic E-state index is 14.0. The second-order valence-electron chi connectivity index (χ2n) is 12.7. The highest BCUT2D eigenvalue weighted by Gasteiger charge is 2.35. The number of hydrogen-bond acceptors (Lipinski definition) is 5. The predicted molar refractivity (Wildman–Crippen MR) is 193 cm³/mol. The summed E-state index contributed by atoms with van der Waals surface area (Å²) < 4.78 is 42.5. The number of halogens is 3. The van der Waals surface area contributed by atoms with Crippen LogP contribution < -0.4 is 0 Å². The van der Waals surface area contributed by atoms with E-state index in [-0.39, 0.29) is 17.9 Å². The third-order valence-corrected chi connectivity index (χ3v) is 10.1. The van der Waals surface area contributed by atoms with Gasteiger partial charge in [0.25, 0.3) is 0 Å². The summed E-state index contributed by atoms with van der Waals surface area (Å²) in [5, 5.41) is 9.22. The Morgan fingerprint density at radius 2 is 1.47 bits per heavy atom. The summed E-state index contributed by atoms with van der Waals surface area (Å²) >= 11 is 1.42. The summed E-state index contributed by atoms with van der Waals surface area (Å²) in [6.45, 7) is 3.41. The van der Waals surface area contributed by atoms with E-state index < -0.39 is 17.7 Å². The zero-order valence-corrected chi connectivity index (χ0v) is 29.2. The predicted octanol–water partition coefficient (Wildman–Crippen LogP) is 8.03. The van der Waals surface area contributed by atoms with E-state index in [0.29, 0.717) is 67.7 Å². The molecule has 1 saturated heterocycles. The lowest BCUT2D eigenvalue weighted by Crippen LogP contribution is -2.56. The van der Waals surface area contributed by atoms with Crippen molar-refractivity contribution in [1.82, 2.24) is 24.6 Å². The van der Waals surface area contributed by atoms with Crippen LogP contribution in [0.5, 0.6) is 0 Å². The number of benzene rings is 4. The van der Waals surface area contributed by atoms with Gasteiger partial charge in [0.1, 0.15) is 5.82 Å². The lowest BCUT2D eigenvalue weighted by Gasteiger charge is -2.41. The molecule has 11 heteroatoms. The van der Waals surface area contributed by atoms with E-state index in [2.05, 4.69) is 10.2 Å². The number of unbranched alkanes of at least 4 members (excludes halogenated alkanes) is 1. The molecule has 51 heavy (non-hydrogen) atoms. The van der Waals surface area contributed by atoms with Crippen LogP contribution in [0.2, 0.25) is 0 Å². The maximum Gasteiger partial charge on any atom is 0.416 e. The van der Waals surface area contributed by atoms with E-state index in [4.69, 9.17) is 0 Å². The van der Waals surface area contributed by atoms with E-state index in [1.807, 2.05) is 108 Å². The summed E-state index contributed by atoms with van der Waals surface area (Å²) in [6, 6.07) is 34.3. The number of hydrogen-bond donors (Lipinski definition) is 0. The fourth-order valence-electron chi connectivity index (χ4n) is 6.51. The standard InChI is InChI=1S/C40H40F3N5O2S/c1-29-28-46(23-24-47(29)38(50)37(31-16-7-3-8-17-31)32-18-9-4-10-19-32)36(49)22-11-12-25-51-39-45-44-35(26-30-14-5-2-6-15-30)48(39)34-21-13-20-33(27-34)40(41,42)43/h2-10,13-21,27,29,37H,11-12,22-26,28H2,1H3. The van der Waals surface area contributed by atoms with Crippen LogP contribution >= 0.6 is 11.8 Å². The number of rotatable bonds is 12. The van der Waals surface area contributed by atoms with Crippen molar-refractivity contribution in [2.75, 3.05) is 25.4 Å². The number of amides is 2. The van der Waals surface area contributed by atoms with E-state index in [1.165, 1.54) is 17.8 Å². The molecule has 1 fully saturated rings. The number of thioether (sulfide) groups is 1. The molecule has 2 heterocycles. The van der Waals surface area contributed by atoms with Crippen molar-refractivity contribution >= 4 is 23.6 Å². The largest absolute Gasteiger partial charge is 0.416 e. The van der Waals surface area contributed by atoms with Gasteiger partial charge in [0, 0.05) is 44.3 Å². The molecule has 0 aliphatic carbocycles. The molecule has 0 bridgehead atoms. The van der Waals surface area contributed by atoms with Gasteiger partial charge in [-0.05, 0) is 54.7 Å². The zero-order chi connectivity index (χ0) is 35.8. The molecule has 1 aliphatic heterocycles. The Balaban J connectivity index is 1.04. The normalized spacial score (nSPS) is 15.0. The molecular formula is C40H40F3N5O2S. The third-order valence-electron chi connectivity index (χ3n) is 9.13. The average Bonchev–Trinajstić information content (AvgIpc) is 3.54. The fraction of sp³-hybridized carbons (Fsp3) is 0.300. The molecular weight excluding hydrogens is 672 g/mol. The number of piperazine rings is 1. The lowest BCUT2D eigenvalue weighted by molar-refractivity contribution is -0.143. The van der Waals surface area contributed by atoms with Crippen LogP contribution in [0.15, 0.2) is 120 Å². The monoisotopic (exact) mass is 711 g/mol. The molecule has 264 valence electrons. The first kappa shape index (κ1) is 35.9. The van der Waals surface area contributed by atoms with E-state index in [9.17, 15) is 22.8 Å². The smallest absolute Gasteiger partial charge is 0.339 e. The van der Waals surface area contributed by atoms with Crippen molar-refractivity contribution in [3.63, 3.8) is 0 Å². The Morgan fingerprint density at radius 3 is 2.10 bits per heavy atom. The van der Waals surface area contributed by atoms with Crippen LogP contribution in [-0.2, 0) is 22.2 Å². The van der Waals surface area contributed by atoms with Crippen LogP contribution in [0.1, 0.15) is 60.2 Å². The minimum Gasteiger partial charge on any atom is -0.339 e. The Bertz CT molecular complexity index is 1860. The highest BCUT2D eigenvalue weighted by molar-refractivity contribution is 7.99. The summed E-state index contributed by atoms with van der Waals surface area (Å²) in [4.78, 5) is 31.0. The van der Waals surface area contributed by atoms with Crippen molar-refractivity contribution in [3.05, 3.63) is 143 Å². The second kappa shape index (κ2) is 16.4. The molecule has 1 aromatic heterocycles. The van der Waals surface area contributed by atoms with Crippen LogP contribution in [0.3, 0.4) is 0 Å². The SMILES string of the molecule is CC1CN(C(=O)CCCCSc2nnc(Cc3ccccc3)n2-c2cccc(C(F)(F)F)c2)CCN1C(=O)C(c1ccccc1)c1ccccc1. The highest BCUT2D eigenvalue weighted by Crippen LogP contribution is 2.33. The molecule has 0 radical (unpaired) electrons. The number of nitrogens with zero attached hydrogens (tertiary/aromatic N) is 5. The molecule has 1 aliphatic rings. The molecule has 0 saturated carbocycles. The Hall–Kier alpha value is -4.90. The van der Waals surface area contributed by atoms with Gasteiger partial charge < -0.3 is 9.80 Å². The Labute approximate surface area is 300 Å². The Morgan fingerprint density at radius 1 is 0.824 bits per heavy atom. The topological polar surface area (TPSA) is 71.3 Å². The number of carbonyl (C=O) groups is 2. The molecule has 2 amide bonds. The molecule has 4 aromatic carbocycles. The van der Waals surface area contributed by atoms with Crippen molar-refractivity contribution in [2.45, 2.75) is 55.9 Å². The van der Waals surface area contributed by atoms with E-state index >= 15 is 0 Å². The molecule has 0 spiro atoms. The van der Waals surface area contributed by atoms with Gasteiger partial charge in [0.05, 0.1) is 17.2 Å². The van der Waals surface area contributed by atoms with Gasteiger partial charge in [-0.25, -0.2) is 0 Å². The van der Waals surface area contributed by atoms with Crippen molar-refractivity contribution in [3.8, 4) is 5.69 Å². The lowest BCUT2D eigenvalue weighted by atomic mass is 9.89. The molecule has 1 atom stereocenters. The number of carbonyl (C=O) groups excluding carboxylic acids is 2. The highest BCUT2D eigenvalue weighted by atomic mass is 32.2. The van der Waals surface area contributed by atoms with Crippen LogP contribution in [0.4, 0.5) is 13.2 Å². The van der Waals surface area contributed by atoms with Gasteiger partial charge in [-0.2, -0.15) is 13.2 Å². The van der Waals surface area contributed by atoms with Gasteiger partial charge in [0.15, 0.2) is 5.16 Å². The summed E-state index contributed by atoms with van der Waals surface area (Å²) in [5.74, 6) is 0.842. The van der Waals surface area contributed by atoms with Crippen LogP contribution in [-0.4, -0.2) is 67.8 Å². The first-order chi connectivity index (χ1) is 24.7. The summed E-state index contributed by atoms with van der Waals surface area (Å²) in [6.07, 6.45) is -2.33. The summed E-state index contributed by atoms with van der Waals surface area (Å²) in [5.41, 5.74) is 2.47. The van der Waals surface area contributed by atoms with E-state index in [0.717, 1.165) is 28.8 Å². The van der Waals surface area contributed by atoms with Gasteiger partial charge in [-0.1, -0.05) is 109 Å². The van der Waals surface area contributed by atoms with Crippen molar-refractivity contribution in [1.29, 1.82) is 0 Å². The zero-order valence-electron chi connectivity index (χ0n) is 28.4. The minimum absolute atomic E-state index is 0.0360. The number of aromatic nitrogens is 3. The summed E-state index contributed by atoms with van der Waals surface area (Å²) in [7, 11) is 0. The van der Waals surface area contributed by atoms with Crippen LogP contribution in [0.25, 0.3) is 5.69 Å². The molecule has 6 rings (SSSR count). The first-order valence-corrected chi connectivity index (χ1v) is 18.1. The van der Waals surface area contributed by atoms with Gasteiger partial charge >= 0.3 is 6.18 Å². The van der Waals surface area contributed by atoms with Crippen molar-refractivity contribution in [2.24, 2.45) is 0 Å². The first-order valence-electron chi connectivity index (χ1n) is 17.2. The van der Waals surface area contributed by atoms with Gasteiger partial charge in [0.2, 0.25) is 11.8 Å². The fourth-order valence-corrected chi connectivity index (χ4v) is 7.48. The average molecular weight is 712 g/mol. The Kier molecular flexibility index (Phi) is 11.6. The molecule has 1 unspecified atom stereocenters. The molecule has 5 aromatic rings. The maximum absolute atomic E-state index is 14.0.